The van der Waals surface area contributed by atoms with Gasteiger partial charge < -0.3 is 20.2 Å². The van der Waals surface area contributed by atoms with Gasteiger partial charge in [-0.2, -0.15) is 0 Å². The average molecular weight is 328 g/mol. The largest absolute Gasteiger partial charge is 0.480 e. The summed E-state index contributed by atoms with van der Waals surface area (Å²) in [6.45, 7) is 1.32. The third kappa shape index (κ3) is 4.57. The summed E-state index contributed by atoms with van der Waals surface area (Å²) in [4.78, 5) is 35.4. The molecule has 0 bridgehead atoms. The van der Waals surface area contributed by atoms with Crippen LogP contribution in [0.1, 0.15) is 23.0 Å². The molecule has 0 unspecified atom stereocenters. The van der Waals surface area contributed by atoms with E-state index in [0.29, 0.717) is 11.3 Å². The van der Waals surface area contributed by atoms with Crippen LogP contribution in [-0.2, 0) is 9.59 Å². The maximum atomic E-state index is 12.3. The number of benzene rings is 1. The van der Waals surface area contributed by atoms with Gasteiger partial charge in [-0.1, -0.05) is 18.2 Å². The maximum Gasteiger partial charge on any atom is 0.325 e. The quantitative estimate of drug-likeness (QED) is 0.699. The van der Waals surface area contributed by atoms with Gasteiger partial charge in [-0.05, 0) is 31.2 Å². The maximum absolute atomic E-state index is 12.3. The first-order valence-electron chi connectivity index (χ1n) is 7.12. The minimum atomic E-state index is -1.19. The summed E-state index contributed by atoms with van der Waals surface area (Å²) < 4.78 is 5.13. The second-order valence-electron chi connectivity index (χ2n) is 4.93. The van der Waals surface area contributed by atoms with E-state index in [1.165, 1.54) is 19.3 Å². The molecule has 2 rings (SSSR count). The highest BCUT2D eigenvalue weighted by atomic mass is 16.4. The van der Waals surface area contributed by atoms with Gasteiger partial charge in [0.05, 0.1) is 6.26 Å². The molecule has 1 aromatic heterocycles. The lowest BCUT2D eigenvalue weighted by atomic mass is 10.2. The number of hydrogen-bond donors (Lipinski definition) is 3. The van der Waals surface area contributed by atoms with E-state index in [1.54, 1.807) is 42.5 Å². The minimum absolute atomic E-state index is 0.119. The molecule has 1 atom stereocenters. The van der Waals surface area contributed by atoms with Crippen molar-refractivity contribution < 1.29 is 23.9 Å². The van der Waals surface area contributed by atoms with E-state index in [4.69, 9.17) is 9.52 Å². The predicted octanol–water partition coefficient (Wildman–Crippen LogP) is 1.64. The molecule has 24 heavy (non-hydrogen) atoms. The van der Waals surface area contributed by atoms with Crippen molar-refractivity contribution in [2.45, 2.75) is 13.0 Å². The van der Waals surface area contributed by atoms with Crippen molar-refractivity contribution >= 4 is 23.9 Å². The Morgan fingerprint density at radius 1 is 1.12 bits per heavy atom. The number of aliphatic carboxylic acids is 1. The van der Waals surface area contributed by atoms with Crippen molar-refractivity contribution in [2.75, 3.05) is 0 Å². The second-order valence-corrected chi connectivity index (χ2v) is 4.93. The van der Waals surface area contributed by atoms with Crippen LogP contribution in [0.25, 0.3) is 6.08 Å². The summed E-state index contributed by atoms with van der Waals surface area (Å²) in [6.07, 6.45) is 2.74. The zero-order chi connectivity index (χ0) is 17.5. The van der Waals surface area contributed by atoms with Gasteiger partial charge >= 0.3 is 5.97 Å². The molecule has 0 aliphatic carbocycles. The third-order valence-corrected chi connectivity index (χ3v) is 3.08. The van der Waals surface area contributed by atoms with Crippen molar-refractivity contribution in [3.63, 3.8) is 0 Å². The number of furan rings is 1. The molecule has 3 N–H and O–H groups in total. The molecular formula is C17H16N2O5. The van der Waals surface area contributed by atoms with Crippen LogP contribution in [0.2, 0.25) is 0 Å². The van der Waals surface area contributed by atoms with Crippen LogP contribution in [-0.4, -0.2) is 28.9 Å². The smallest absolute Gasteiger partial charge is 0.325 e. The Balaban J connectivity index is 2.22. The second kappa shape index (κ2) is 7.77. The molecule has 2 aromatic rings. The number of carboxylic acid groups (broad SMARTS) is 1. The van der Waals surface area contributed by atoms with Gasteiger partial charge in [-0.3, -0.25) is 14.4 Å². The fraction of sp³-hybridized carbons (Fsp3) is 0.118. The van der Waals surface area contributed by atoms with E-state index < -0.39 is 23.8 Å². The normalized spacial score (nSPS) is 12.3. The van der Waals surface area contributed by atoms with Gasteiger partial charge in [0.25, 0.3) is 11.8 Å². The highest BCUT2D eigenvalue weighted by Crippen LogP contribution is 2.08. The Morgan fingerprint density at radius 3 is 2.42 bits per heavy atom. The van der Waals surface area contributed by atoms with Gasteiger partial charge in [-0.15, -0.1) is 0 Å². The van der Waals surface area contributed by atoms with Crippen LogP contribution in [0.4, 0.5) is 0 Å². The summed E-state index contributed by atoms with van der Waals surface area (Å²) in [7, 11) is 0. The molecule has 7 heteroatoms. The molecule has 2 amide bonds. The summed E-state index contributed by atoms with van der Waals surface area (Å²) >= 11 is 0. The van der Waals surface area contributed by atoms with Gasteiger partial charge in [0.2, 0.25) is 0 Å². The topological polar surface area (TPSA) is 109 Å². The lowest BCUT2D eigenvalue weighted by Crippen LogP contribution is -2.42. The van der Waals surface area contributed by atoms with Crippen LogP contribution in [0.15, 0.2) is 58.8 Å². The number of nitrogens with one attached hydrogen (secondary N) is 2. The van der Waals surface area contributed by atoms with E-state index >= 15 is 0 Å². The van der Waals surface area contributed by atoms with E-state index in [-0.39, 0.29) is 5.70 Å². The van der Waals surface area contributed by atoms with Crippen LogP contribution in [0, 0.1) is 0 Å². The lowest BCUT2D eigenvalue weighted by Gasteiger charge is -2.13. The molecule has 0 aliphatic rings. The average Bonchev–Trinajstić information content (AvgIpc) is 3.07. The molecule has 1 aromatic carbocycles. The van der Waals surface area contributed by atoms with E-state index in [2.05, 4.69) is 10.6 Å². The molecule has 0 spiro atoms. The molecule has 7 nitrogen and oxygen atoms in total. The van der Waals surface area contributed by atoms with Gasteiger partial charge in [-0.25, -0.2) is 0 Å². The number of hydrogen-bond acceptors (Lipinski definition) is 4. The first-order valence-corrected chi connectivity index (χ1v) is 7.12. The molecular weight excluding hydrogens is 312 g/mol. The number of amides is 2. The van der Waals surface area contributed by atoms with Gasteiger partial charge in [0.15, 0.2) is 0 Å². The molecule has 0 saturated heterocycles. The fourth-order valence-corrected chi connectivity index (χ4v) is 1.79. The monoisotopic (exact) mass is 328 g/mol. The van der Waals surface area contributed by atoms with Crippen molar-refractivity contribution in [2.24, 2.45) is 0 Å². The number of carbonyl (C=O) groups is 3. The highest BCUT2D eigenvalue weighted by Gasteiger charge is 2.19. The van der Waals surface area contributed by atoms with Crippen LogP contribution >= 0.6 is 0 Å². The molecule has 124 valence electrons. The first-order chi connectivity index (χ1) is 11.5. The van der Waals surface area contributed by atoms with Crippen LogP contribution in [0.3, 0.4) is 0 Å². The van der Waals surface area contributed by atoms with Gasteiger partial charge in [0, 0.05) is 11.6 Å². The Labute approximate surface area is 138 Å². The SMILES string of the molecule is C[C@@H](NC(=O)/C(=C\c1ccco1)NC(=O)c1ccccc1)C(=O)O. The summed E-state index contributed by atoms with van der Waals surface area (Å²) in [6, 6.07) is 10.5. The first kappa shape index (κ1) is 17.0. The molecule has 0 fully saturated rings. The molecule has 0 aliphatic heterocycles. The number of carboxylic acids is 1. The van der Waals surface area contributed by atoms with E-state index in [0.717, 1.165) is 0 Å². The summed E-state index contributed by atoms with van der Waals surface area (Å²) in [5.41, 5.74) is 0.244. The van der Waals surface area contributed by atoms with Crippen LogP contribution < -0.4 is 10.6 Å². The molecule has 0 radical (unpaired) electrons. The number of rotatable bonds is 6. The zero-order valence-electron chi connectivity index (χ0n) is 12.9. The zero-order valence-corrected chi connectivity index (χ0v) is 12.9. The highest BCUT2D eigenvalue weighted by molar-refractivity contribution is 6.05. The predicted molar refractivity (Wildman–Crippen MR) is 85.8 cm³/mol. The molecule has 1 heterocycles. The summed E-state index contributed by atoms with van der Waals surface area (Å²) in [5.74, 6) is -2.07. The Kier molecular flexibility index (Phi) is 5.51. The Morgan fingerprint density at radius 2 is 1.83 bits per heavy atom. The van der Waals surface area contributed by atoms with Gasteiger partial charge in [0.1, 0.15) is 17.5 Å². The van der Waals surface area contributed by atoms with Crippen LogP contribution in [0.5, 0.6) is 0 Å². The van der Waals surface area contributed by atoms with Crippen molar-refractivity contribution in [3.05, 3.63) is 65.7 Å². The van der Waals surface area contributed by atoms with E-state index in [1.807, 2.05) is 0 Å². The number of carbonyl (C=O) groups excluding carboxylic acids is 2. The van der Waals surface area contributed by atoms with Crippen molar-refractivity contribution in [3.8, 4) is 0 Å². The lowest BCUT2D eigenvalue weighted by molar-refractivity contribution is -0.140. The minimum Gasteiger partial charge on any atom is -0.480 e. The molecule has 0 saturated carbocycles. The van der Waals surface area contributed by atoms with E-state index in [9.17, 15) is 14.4 Å². The third-order valence-electron chi connectivity index (χ3n) is 3.08. The Hall–Kier alpha value is -3.35. The standard InChI is InChI=1S/C17H16N2O5/c1-11(17(22)23)18-16(21)14(10-13-8-5-9-24-13)19-15(20)12-6-3-2-4-7-12/h2-11H,1H3,(H,18,21)(H,19,20)(H,22,23)/b14-10+/t11-/m1/s1. The van der Waals surface area contributed by atoms with Crippen molar-refractivity contribution in [1.82, 2.24) is 10.6 Å². The van der Waals surface area contributed by atoms with Crippen molar-refractivity contribution in [1.29, 1.82) is 0 Å². The fourth-order valence-electron chi connectivity index (χ4n) is 1.79. The summed E-state index contributed by atoms with van der Waals surface area (Å²) in [5, 5.41) is 13.6. The Bertz CT molecular complexity index is 751.